The van der Waals surface area contributed by atoms with Gasteiger partial charge < -0.3 is 4.90 Å². The zero-order valence-electron chi connectivity index (χ0n) is 12.4. The molecule has 0 N–H and O–H groups in total. The van der Waals surface area contributed by atoms with Crippen LogP contribution in [0, 0.1) is 6.92 Å². The van der Waals surface area contributed by atoms with Crippen molar-refractivity contribution in [3.05, 3.63) is 34.9 Å². The van der Waals surface area contributed by atoms with Crippen LogP contribution in [0.4, 0.5) is 0 Å². The Morgan fingerprint density at radius 3 is 2.79 bits per heavy atom. The number of carbonyl (C=O) groups excluding carboxylic acids is 1. The van der Waals surface area contributed by atoms with Crippen molar-refractivity contribution >= 4 is 5.91 Å². The van der Waals surface area contributed by atoms with Gasteiger partial charge in [0.05, 0.1) is 6.42 Å². The minimum absolute atomic E-state index is 0.332. The van der Waals surface area contributed by atoms with E-state index in [9.17, 15) is 4.79 Å². The number of carbonyl (C=O) groups is 1. The van der Waals surface area contributed by atoms with Gasteiger partial charge in [0.25, 0.3) is 0 Å². The molecule has 1 saturated heterocycles. The lowest BCUT2D eigenvalue weighted by Gasteiger charge is -2.34. The van der Waals surface area contributed by atoms with Gasteiger partial charge in [-0.3, -0.25) is 4.79 Å². The van der Waals surface area contributed by atoms with Gasteiger partial charge in [-0.05, 0) is 49.3 Å². The van der Waals surface area contributed by atoms with E-state index < -0.39 is 0 Å². The van der Waals surface area contributed by atoms with Crippen LogP contribution in [-0.4, -0.2) is 23.4 Å². The van der Waals surface area contributed by atoms with E-state index in [0.717, 1.165) is 13.0 Å². The highest BCUT2D eigenvalue weighted by Gasteiger charge is 2.30. The zero-order chi connectivity index (χ0) is 13.8. The van der Waals surface area contributed by atoms with Gasteiger partial charge in [0, 0.05) is 12.6 Å². The Morgan fingerprint density at radius 1 is 1.21 bits per heavy atom. The smallest absolute Gasteiger partial charge is 0.227 e. The molecule has 3 rings (SSSR count). The number of nitrogens with zero attached hydrogens (tertiary/aromatic N) is 1. The molecule has 1 aromatic carbocycles. The van der Waals surface area contributed by atoms with Gasteiger partial charge in [0.2, 0.25) is 5.91 Å². The fourth-order valence-corrected chi connectivity index (χ4v) is 3.26. The first-order valence-electron chi connectivity index (χ1n) is 7.62. The third-order valence-corrected chi connectivity index (χ3v) is 4.24. The average molecular weight is 259 g/mol. The molecule has 2 heterocycles. The number of benzene rings is 1. The Morgan fingerprint density at radius 2 is 2.00 bits per heavy atom. The second kappa shape index (κ2) is 6.23. The maximum atomic E-state index is 12.2. The summed E-state index contributed by atoms with van der Waals surface area (Å²) in [5, 5.41) is 0. The lowest BCUT2D eigenvalue weighted by atomic mass is 9.92. The van der Waals surface area contributed by atoms with Gasteiger partial charge in [0.1, 0.15) is 0 Å². The lowest BCUT2D eigenvalue weighted by Crippen LogP contribution is -2.44. The minimum Gasteiger partial charge on any atom is -0.339 e. The van der Waals surface area contributed by atoms with Gasteiger partial charge in [-0.25, -0.2) is 0 Å². The summed E-state index contributed by atoms with van der Waals surface area (Å²) in [7, 11) is 0. The van der Waals surface area contributed by atoms with Gasteiger partial charge in [0.15, 0.2) is 0 Å². The molecule has 104 valence electrons. The molecule has 2 heteroatoms. The first kappa shape index (κ1) is 14.1. The molecule has 0 bridgehead atoms. The summed E-state index contributed by atoms with van der Waals surface area (Å²) in [5.74, 6) is 0.332. The SMILES string of the molecule is CC.Cc1cccc2c1CC1CCCCN1C(=O)C2. The van der Waals surface area contributed by atoms with E-state index in [1.165, 1.54) is 36.0 Å². The van der Waals surface area contributed by atoms with Crippen molar-refractivity contribution < 1.29 is 4.79 Å². The topological polar surface area (TPSA) is 20.3 Å². The largest absolute Gasteiger partial charge is 0.339 e. The number of hydrogen-bond donors (Lipinski definition) is 0. The van der Waals surface area contributed by atoms with Crippen LogP contribution in [0.3, 0.4) is 0 Å². The molecule has 1 fully saturated rings. The average Bonchev–Trinajstić information content (AvgIpc) is 2.59. The molecule has 19 heavy (non-hydrogen) atoms. The summed E-state index contributed by atoms with van der Waals surface area (Å²) in [6.07, 6.45) is 5.30. The van der Waals surface area contributed by atoms with Gasteiger partial charge in [-0.15, -0.1) is 0 Å². The molecule has 0 radical (unpaired) electrons. The van der Waals surface area contributed by atoms with Gasteiger partial charge >= 0.3 is 0 Å². The predicted molar refractivity (Wildman–Crippen MR) is 79.3 cm³/mol. The summed E-state index contributed by atoms with van der Waals surface area (Å²) in [5.41, 5.74) is 4.03. The number of amides is 1. The van der Waals surface area contributed by atoms with Crippen molar-refractivity contribution in [3.8, 4) is 0 Å². The van der Waals surface area contributed by atoms with Crippen LogP contribution in [0.5, 0.6) is 0 Å². The second-order valence-corrected chi connectivity index (χ2v) is 5.33. The molecule has 0 spiro atoms. The third-order valence-electron chi connectivity index (χ3n) is 4.24. The molecule has 1 aromatic rings. The monoisotopic (exact) mass is 259 g/mol. The molecule has 2 nitrogen and oxygen atoms in total. The minimum atomic E-state index is 0.332. The number of fused-ring (bicyclic) bond motifs is 2. The Kier molecular flexibility index (Phi) is 4.62. The summed E-state index contributed by atoms with van der Waals surface area (Å²) in [4.78, 5) is 14.4. The van der Waals surface area contributed by atoms with E-state index in [0.29, 0.717) is 18.4 Å². The molecule has 0 aromatic heterocycles. The number of aryl methyl sites for hydroxylation is 1. The van der Waals surface area contributed by atoms with Gasteiger partial charge in [-0.1, -0.05) is 32.0 Å². The third kappa shape index (κ3) is 2.83. The van der Waals surface area contributed by atoms with Crippen molar-refractivity contribution in [1.29, 1.82) is 0 Å². The molecule has 0 saturated carbocycles. The van der Waals surface area contributed by atoms with E-state index in [4.69, 9.17) is 0 Å². The Labute approximate surface area is 116 Å². The van der Waals surface area contributed by atoms with Crippen molar-refractivity contribution in [3.63, 3.8) is 0 Å². The quantitative estimate of drug-likeness (QED) is 0.698. The van der Waals surface area contributed by atoms with Gasteiger partial charge in [-0.2, -0.15) is 0 Å². The fraction of sp³-hybridized carbons (Fsp3) is 0.588. The van der Waals surface area contributed by atoms with Crippen molar-refractivity contribution in [2.75, 3.05) is 6.54 Å². The van der Waals surface area contributed by atoms with E-state index >= 15 is 0 Å². The van der Waals surface area contributed by atoms with E-state index in [1.54, 1.807) is 0 Å². The Bertz CT molecular complexity index is 453. The van der Waals surface area contributed by atoms with Crippen LogP contribution in [0.1, 0.15) is 49.8 Å². The Balaban J connectivity index is 0.000000637. The van der Waals surface area contributed by atoms with Crippen LogP contribution in [0.25, 0.3) is 0 Å². The maximum absolute atomic E-state index is 12.2. The highest BCUT2D eigenvalue weighted by Crippen LogP contribution is 2.28. The standard InChI is InChI=1S/C15H19NO.C2H6/c1-11-5-4-6-12-9-15(17)16-8-3-2-7-13(16)10-14(11)12;1-2/h4-6,13H,2-3,7-10H2,1H3;1-2H3. The van der Waals surface area contributed by atoms with Crippen LogP contribution in [-0.2, 0) is 17.6 Å². The molecule has 1 amide bonds. The molecular weight excluding hydrogens is 234 g/mol. The number of piperidine rings is 1. The first-order valence-corrected chi connectivity index (χ1v) is 7.62. The summed E-state index contributed by atoms with van der Waals surface area (Å²) >= 11 is 0. The van der Waals surface area contributed by atoms with Crippen LogP contribution in [0.2, 0.25) is 0 Å². The molecule has 2 aliphatic rings. The molecule has 1 atom stereocenters. The Hall–Kier alpha value is -1.31. The second-order valence-electron chi connectivity index (χ2n) is 5.33. The first-order chi connectivity index (χ1) is 9.25. The van der Waals surface area contributed by atoms with Crippen molar-refractivity contribution in [2.45, 2.75) is 58.9 Å². The number of hydrogen-bond acceptors (Lipinski definition) is 1. The highest BCUT2D eigenvalue weighted by molar-refractivity contribution is 5.80. The predicted octanol–water partition coefficient (Wildman–Crippen LogP) is 3.50. The molecular formula is C17H25NO. The fourth-order valence-electron chi connectivity index (χ4n) is 3.26. The highest BCUT2D eigenvalue weighted by atomic mass is 16.2. The molecule has 0 aliphatic carbocycles. The molecule has 2 aliphatic heterocycles. The van der Waals surface area contributed by atoms with Crippen molar-refractivity contribution in [2.24, 2.45) is 0 Å². The molecule has 1 unspecified atom stereocenters. The van der Waals surface area contributed by atoms with E-state index in [2.05, 4.69) is 30.0 Å². The van der Waals surface area contributed by atoms with E-state index in [-0.39, 0.29) is 0 Å². The zero-order valence-corrected chi connectivity index (χ0v) is 12.4. The summed E-state index contributed by atoms with van der Waals surface area (Å²) in [6.45, 7) is 7.14. The summed E-state index contributed by atoms with van der Waals surface area (Å²) in [6, 6.07) is 6.82. The maximum Gasteiger partial charge on any atom is 0.227 e. The van der Waals surface area contributed by atoms with Crippen LogP contribution in [0.15, 0.2) is 18.2 Å². The number of rotatable bonds is 0. The van der Waals surface area contributed by atoms with E-state index in [1.807, 2.05) is 13.8 Å². The normalized spacial score (nSPS) is 21.7. The van der Waals surface area contributed by atoms with Crippen molar-refractivity contribution in [1.82, 2.24) is 4.90 Å². The summed E-state index contributed by atoms with van der Waals surface area (Å²) < 4.78 is 0. The lowest BCUT2D eigenvalue weighted by molar-refractivity contribution is -0.133. The van der Waals surface area contributed by atoms with Crippen LogP contribution >= 0.6 is 0 Å². The van der Waals surface area contributed by atoms with Crippen LogP contribution < -0.4 is 0 Å².